The normalized spacial score (nSPS) is 16.9. The van der Waals surface area contributed by atoms with Crippen molar-refractivity contribution in [2.45, 2.75) is 103 Å². The van der Waals surface area contributed by atoms with Gasteiger partial charge in [-0.3, -0.25) is 0 Å². The van der Waals surface area contributed by atoms with Crippen molar-refractivity contribution < 1.29 is 0 Å². The molecule has 0 aromatic heterocycles. The monoisotopic (exact) mass is 426 g/mol. The van der Waals surface area contributed by atoms with E-state index in [1.54, 1.807) is 11.1 Å². The molecule has 0 fully saturated rings. The summed E-state index contributed by atoms with van der Waals surface area (Å²) in [4.78, 5) is 0. The lowest BCUT2D eigenvalue weighted by molar-refractivity contribution is 0.398. The van der Waals surface area contributed by atoms with Crippen LogP contribution >= 0.6 is 0 Å². The standard InChI is InChI=1S/C32H42/c1-3-5-7-9-11-17-25-32(24-16-10-8-6-4-2)29-21-15-14-20-28(29)31-27-19-13-12-18-26(27)22-23-30(31)32/h12-15,18-23H,3-11,16-17,24-25H2,1-2H3. The Bertz CT molecular complexity index is 998. The first-order chi connectivity index (χ1) is 15.8. The fourth-order valence-electron chi connectivity index (χ4n) is 6.13. The number of rotatable bonds is 13. The first kappa shape index (κ1) is 23.1. The van der Waals surface area contributed by atoms with Gasteiger partial charge in [0.05, 0.1) is 0 Å². The molecule has 0 amide bonds. The molecule has 32 heavy (non-hydrogen) atoms. The number of benzene rings is 3. The van der Waals surface area contributed by atoms with E-state index in [-0.39, 0.29) is 5.41 Å². The number of unbranched alkanes of at least 4 members (excludes halogenated alkanes) is 9. The van der Waals surface area contributed by atoms with Crippen LogP contribution in [0.5, 0.6) is 0 Å². The van der Waals surface area contributed by atoms with Gasteiger partial charge in [0.15, 0.2) is 0 Å². The predicted molar refractivity (Wildman–Crippen MR) is 142 cm³/mol. The van der Waals surface area contributed by atoms with Crippen molar-refractivity contribution in [1.82, 2.24) is 0 Å². The van der Waals surface area contributed by atoms with Crippen LogP contribution in [-0.2, 0) is 5.41 Å². The molecule has 0 heterocycles. The van der Waals surface area contributed by atoms with Gasteiger partial charge < -0.3 is 0 Å². The summed E-state index contributed by atoms with van der Waals surface area (Å²) in [5.41, 5.74) is 6.45. The molecule has 0 nitrogen and oxygen atoms in total. The molecule has 0 bridgehead atoms. The van der Waals surface area contributed by atoms with Gasteiger partial charge in [0.1, 0.15) is 0 Å². The third kappa shape index (κ3) is 4.66. The highest BCUT2D eigenvalue weighted by atomic mass is 14.4. The summed E-state index contributed by atoms with van der Waals surface area (Å²) in [7, 11) is 0. The molecule has 4 rings (SSSR count). The lowest BCUT2D eigenvalue weighted by atomic mass is 9.70. The second-order valence-corrected chi connectivity index (χ2v) is 10.0. The highest BCUT2D eigenvalue weighted by molar-refractivity contribution is 6.02. The second kappa shape index (κ2) is 11.2. The van der Waals surface area contributed by atoms with E-state index < -0.39 is 0 Å². The molecule has 3 aromatic rings. The van der Waals surface area contributed by atoms with Crippen LogP contribution in [0.25, 0.3) is 21.9 Å². The molecule has 1 unspecified atom stereocenters. The van der Waals surface area contributed by atoms with Crippen molar-refractivity contribution in [3.8, 4) is 11.1 Å². The maximum Gasteiger partial charge on any atom is 0.0215 e. The molecule has 170 valence electrons. The zero-order chi connectivity index (χ0) is 22.2. The molecule has 0 heteroatoms. The Morgan fingerprint density at radius 2 is 1.12 bits per heavy atom. The number of fused-ring (bicyclic) bond motifs is 5. The third-order valence-electron chi connectivity index (χ3n) is 7.82. The summed E-state index contributed by atoms with van der Waals surface area (Å²) >= 11 is 0. The van der Waals surface area contributed by atoms with E-state index >= 15 is 0 Å². The molecule has 0 aliphatic heterocycles. The number of hydrogen-bond donors (Lipinski definition) is 0. The van der Waals surface area contributed by atoms with E-state index in [1.165, 1.54) is 105 Å². The van der Waals surface area contributed by atoms with Crippen molar-refractivity contribution in [3.05, 3.63) is 71.8 Å². The van der Waals surface area contributed by atoms with Crippen LogP contribution in [0.4, 0.5) is 0 Å². The Hall–Kier alpha value is -2.08. The average Bonchev–Trinajstić information content (AvgIpc) is 3.12. The van der Waals surface area contributed by atoms with Crippen molar-refractivity contribution in [3.63, 3.8) is 0 Å². The van der Waals surface area contributed by atoms with Gasteiger partial charge in [0.25, 0.3) is 0 Å². The zero-order valence-corrected chi connectivity index (χ0v) is 20.5. The Morgan fingerprint density at radius 1 is 0.531 bits per heavy atom. The van der Waals surface area contributed by atoms with Crippen LogP contribution in [-0.4, -0.2) is 0 Å². The van der Waals surface area contributed by atoms with E-state index in [1.807, 2.05) is 0 Å². The molecule has 1 aliphatic carbocycles. The van der Waals surface area contributed by atoms with E-state index in [2.05, 4.69) is 74.5 Å². The van der Waals surface area contributed by atoms with Gasteiger partial charge in [-0.05, 0) is 45.9 Å². The quantitative estimate of drug-likeness (QED) is 0.238. The van der Waals surface area contributed by atoms with Gasteiger partial charge in [0, 0.05) is 5.41 Å². The maximum atomic E-state index is 2.49. The minimum atomic E-state index is 0.201. The molecule has 0 N–H and O–H groups in total. The van der Waals surface area contributed by atoms with Crippen LogP contribution in [0.3, 0.4) is 0 Å². The predicted octanol–water partition coefficient (Wildman–Crippen LogP) is 10.2. The van der Waals surface area contributed by atoms with Crippen LogP contribution in [0, 0.1) is 0 Å². The molecule has 0 saturated carbocycles. The molecular weight excluding hydrogens is 384 g/mol. The summed E-state index contributed by atoms with van der Waals surface area (Å²) in [6, 6.07) is 23.2. The average molecular weight is 427 g/mol. The minimum absolute atomic E-state index is 0.201. The van der Waals surface area contributed by atoms with Crippen molar-refractivity contribution in [2.75, 3.05) is 0 Å². The SMILES string of the molecule is CCCCCCCCC1(CCCCCCC)c2ccccc2-c2c1ccc1ccccc21. The molecule has 0 spiro atoms. The summed E-state index contributed by atoms with van der Waals surface area (Å²) in [6.07, 6.45) is 17.6. The maximum absolute atomic E-state index is 2.49. The minimum Gasteiger partial charge on any atom is -0.0654 e. The summed E-state index contributed by atoms with van der Waals surface area (Å²) in [5, 5.41) is 2.81. The fraction of sp³-hybridized carbons (Fsp3) is 0.500. The number of hydrogen-bond acceptors (Lipinski definition) is 0. The van der Waals surface area contributed by atoms with Crippen LogP contribution in [0.1, 0.15) is 108 Å². The third-order valence-corrected chi connectivity index (χ3v) is 7.82. The lowest BCUT2D eigenvalue weighted by Gasteiger charge is -2.33. The second-order valence-electron chi connectivity index (χ2n) is 10.0. The van der Waals surface area contributed by atoms with Gasteiger partial charge in [-0.25, -0.2) is 0 Å². The zero-order valence-electron chi connectivity index (χ0n) is 20.5. The molecule has 1 atom stereocenters. The molecule has 0 saturated heterocycles. The van der Waals surface area contributed by atoms with Crippen molar-refractivity contribution in [2.24, 2.45) is 0 Å². The lowest BCUT2D eigenvalue weighted by Crippen LogP contribution is -2.25. The topological polar surface area (TPSA) is 0 Å². The van der Waals surface area contributed by atoms with Gasteiger partial charge in [0.2, 0.25) is 0 Å². The summed E-state index contributed by atoms with van der Waals surface area (Å²) < 4.78 is 0. The van der Waals surface area contributed by atoms with Gasteiger partial charge in [-0.15, -0.1) is 0 Å². The first-order valence-corrected chi connectivity index (χ1v) is 13.4. The molecule has 3 aromatic carbocycles. The highest BCUT2D eigenvalue weighted by Gasteiger charge is 2.42. The first-order valence-electron chi connectivity index (χ1n) is 13.4. The molecular formula is C32H42. The Morgan fingerprint density at radius 3 is 1.84 bits per heavy atom. The largest absolute Gasteiger partial charge is 0.0654 e. The van der Waals surface area contributed by atoms with E-state index in [9.17, 15) is 0 Å². The van der Waals surface area contributed by atoms with Crippen molar-refractivity contribution in [1.29, 1.82) is 0 Å². The molecule has 0 radical (unpaired) electrons. The Kier molecular flexibility index (Phi) is 8.06. The van der Waals surface area contributed by atoms with Gasteiger partial charge in [-0.1, -0.05) is 145 Å². The fourth-order valence-corrected chi connectivity index (χ4v) is 6.13. The van der Waals surface area contributed by atoms with Crippen LogP contribution in [0.15, 0.2) is 60.7 Å². The van der Waals surface area contributed by atoms with E-state index in [4.69, 9.17) is 0 Å². The van der Waals surface area contributed by atoms with Gasteiger partial charge in [-0.2, -0.15) is 0 Å². The highest BCUT2D eigenvalue weighted by Crippen LogP contribution is 2.55. The summed E-state index contributed by atoms with van der Waals surface area (Å²) in [5.74, 6) is 0. The van der Waals surface area contributed by atoms with Crippen LogP contribution in [0.2, 0.25) is 0 Å². The van der Waals surface area contributed by atoms with Crippen molar-refractivity contribution >= 4 is 10.8 Å². The van der Waals surface area contributed by atoms with Gasteiger partial charge >= 0.3 is 0 Å². The Balaban J connectivity index is 1.69. The van der Waals surface area contributed by atoms with E-state index in [0.717, 1.165) is 0 Å². The molecule has 1 aliphatic rings. The van der Waals surface area contributed by atoms with E-state index in [0.29, 0.717) is 0 Å². The van der Waals surface area contributed by atoms with Crippen LogP contribution < -0.4 is 0 Å². The smallest absolute Gasteiger partial charge is 0.0215 e. The summed E-state index contributed by atoms with van der Waals surface area (Å²) in [6.45, 7) is 4.62. The Labute approximate surface area is 196 Å².